The molecule has 0 radical (unpaired) electrons. The average Bonchev–Trinajstić information content (AvgIpc) is 3.08. The van der Waals surface area contributed by atoms with Crippen LogP contribution in [0.3, 0.4) is 0 Å². The van der Waals surface area contributed by atoms with Crippen LogP contribution in [0.1, 0.15) is 18.4 Å². The maximum Gasteiger partial charge on any atom is 0.274 e. The summed E-state index contributed by atoms with van der Waals surface area (Å²) >= 11 is 7.07. The van der Waals surface area contributed by atoms with Gasteiger partial charge in [0.05, 0.1) is 11.1 Å². The van der Waals surface area contributed by atoms with Gasteiger partial charge >= 0.3 is 0 Å². The molecule has 152 valence electrons. The minimum absolute atomic E-state index is 0.0841. The van der Waals surface area contributed by atoms with Crippen molar-refractivity contribution in [2.75, 3.05) is 13.1 Å². The van der Waals surface area contributed by atoms with Crippen molar-refractivity contribution < 1.29 is 22.7 Å². The quantitative estimate of drug-likeness (QED) is 0.574. The third kappa shape index (κ3) is 4.33. The molecule has 3 aromatic rings. The summed E-state index contributed by atoms with van der Waals surface area (Å²) in [4.78, 5) is 18.2. The van der Waals surface area contributed by atoms with E-state index in [0.29, 0.717) is 30.6 Å². The van der Waals surface area contributed by atoms with Crippen LogP contribution in [-0.4, -0.2) is 35.0 Å². The van der Waals surface area contributed by atoms with Gasteiger partial charge in [-0.05, 0) is 18.2 Å². The van der Waals surface area contributed by atoms with E-state index in [4.69, 9.17) is 16.3 Å². The van der Waals surface area contributed by atoms with Gasteiger partial charge in [0.25, 0.3) is 5.19 Å². The Hall–Kier alpha value is -2.32. The van der Waals surface area contributed by atoms with E-state index >= 15 is 0 Å². The van der Waals surface area contributed by atoms with Crippen LogP contribution in [0.25, 0.3) is 10.2 Å². The predicted octanol–water partition coefficient (Wildman–Crippen LogP) is 4.98. The number of benzene rings is 2. The van der Waals surface area contributed by atoms with Crippen LogP contribution in [0.4, 0.5) is 13.2 Å². The van der Waals surface area contributed by atoms with Gasteiger partial charge in [-0.3, -0.25) is 4.79 Å². The van der Waals surface area contributed by atoms with Crippen molar-refractivity contribution in [3.05, 3.63) is 58.4 Å². The highest BCUT2D eigenvalue weighted by Crippen LogP contribution is 2.32. The number of carbonyl (C=O) groups excluding carboxylic acids is 1. The number of hydrogen-bond acceptors (Lipinski definition) is 4. The third-order valence-corrected chi connectivity index (χ3v) is 6.09. The number of nitrogens with zero attached hydrogens (tertiary/aromatic N) is 2. The lowest BCUT2D eigenvalue weighted by Gasteiger charge is -2.31. The number of amides is 1. The van der Waals surface area contributed by atoms with E-state index in [-0.39, 0.29) is 39.7 Å². The van der Waals surface area contributed by atoms with Crippen molar-refractivity contribution >= 4 is 39.1 Å². The van der Waals surface area contributed by atoms with Crippen LogP contribution < -0.4 is 4.74 Å². The zero-order valence-corrected chi connectivity index (χ0v) is 16.7. The standard InChI is InChI=1S/C20H16ClF3N2O2S/c21-14-2-1-3-15(23)13(14)10-18(27)26-6-4-12(5-7-26)28-20-25-19-16(24)8-11(22)9-17(19)29-20/h1-3,8-9,12H,4-7,10H2. The summed E-state index contributed by atoms with van der Waals surface area (Å²) in [6, 6.07) is 6.34. The molecule has 4 rings (SSSR count). The van der Waals surface area contributed by atoms with Crippen molar-refractivity contribution in [3.8, 4) is 5.19 Å². The maximum atomic E-state index is 13.9. The molecular weight excluding hydrogens is 425 g/mol. The van der Waals surface area contributed by atoms with Crippen molar-refractivity contribution in [1.82, 2.24) is 9.88 Å². The summed E-state index contributed by atoms with van der Waals surface area (Å²) in [7, 11) is 0. The highest BCUT2D eigenvalue weighted by molar-refractivity contribution is 7.20. The second-order valence-electron chi connectivity index (χ2n) is 6.79. The number of likely N-dealkylation sites (tertiary alicyclic amines) is 1. The van der Waals surface area contributed by atoms with E-state index in [1.165, 1.54) is 18.2 Å². The largest absolute Gasteiger partial charge is 0.467 e. The lowest BCUT2D eigenvalue weighted by Crippen LogP contribution is -2.42. The molecule has 29 heavy (non-hydrogen) atoms. The SMILES string of the molecule is O=C(Cc1c(F)cccc1Cl)N1CCC(Oc2nc3c(F)cc(F)cc3s2)CC1. The number of piperidine rings is 1. The number of thiazole rings is 1. The number of halogens is 4. The molecule has 9 heteroatoms. The van der Waals surface area contributed by atoms with Gasteiger partial charge in [0.2, 0.25) is 5.91 Å². The fourth-order valence-corrected chi connectivity index (χ4v) is 4.47. The molecule has 0 aliphatic carbocycles. The van der Waals surface area contributed by atoms with Crippen molar-refractivity contribution in [1.29, 1.82) is 0 Å². The Morgan fingerprint density at radius 1 is 1.21 bits per heavy atom. The summed E-state index contributed by atoms with van der Waals surface area (Å²) < 4.78 is 47.2. The van der Waals surface area contributed by atoms with Crippen LogP contribution in [-0.2, 0) is 11.2 Å². The Morgan fingerprint density at radius 3 is 2.69 bits per heavy atom. The molecule has 4 nitrogen and oxygen atoms in total. The Bertz CT molecular complexity index is 1050. The van der Waals surface area contributed by atoms with Crippen LogP contribution in [0.5, 0.6) is 5.19 Å². The highest BCUT2D eigenvalue weighted by atomic mass is 35.5. The van der Waals surface area contributed by atoms with Crippen LogP contribution >= 0.6 is 22.9 Å². The van der Waals surface area contributed by atoms with E-state index < -0.39 is 17.5 Å². The zero-order valence-electron chi connectivity index (χ0n) is 15.1. The average molecular weight is 441 g/mol. The molecule has 1 aromatic heterocycles. The van der Waals surface area contributed by atoms with Crippen LogP contribution in [0, 0.1) is 17.5 Å². The molecule has 0 bridgehead atoms. The van der Waals surface area contributed by atoms with Crippen molar-refractivity contribution in [2.45, 2.75) is 25.4 Å². The molecular formula is C20H16ClF3N2O2S. The second kappa shape index (κ2) is 8.20. The first-order valence-electron chi connectivity index (χ1n) is 9.03. The molecule has 0 spiro atoms. The summed E-state index contributed by atoms with van der Waals surface area (Å²) in [5, 5.41) is 0.503. The minimum Gasteiger partial charge on any atom is -0.467 e. The summed E-state index contributed by atoms with van der Waals surface area (Å²) in [6.07, 6.45) is 0.830. The van der Waals surface area contributed by atoms with Gasteiger partial charge in [-0.2, -0.15) is 4.98 Å². The molecule has 0 saturated carbocycles. The topological polar surface area (TPSA) is 42.4 Å². The van der Waals surface area contributed by atoms with Crippen molar-refractivity contribution in [3.63, 3.8) is 0 Å². The first kappa shape index (κ1) is 20.0. The van der Waals surface area contributed by atoms with E-state index in [1.807, 2.05) is 0 Å². The molecule has 1 aliphatic heterocycles. The van der Waals surface area contributed by atoms with Gasteiger partial charge in [0.1, 0.15) is 23.3 Å². The lowest BCUT2D eigenvalue weighted by atomic mass is 10.1. The normalized spacial score (nSPS) is 15.1. The smallest absolute Gasteiger partial charge is 0.274 e. The number of carbonyl (C=O) groups is 1. The fraction of sp³-hybridized carbons (Fsp3) is 0.300. The van der Waals surface area contributed by atoms with Crippen LogP contribution in [0.15, 0.2) is 30.3 Å². The second-order valence-corrected chi connectivity index (χ2v) is 8.19. The van der Waals surface area contributed by atoms with Gasteiger partial charge in [-0.15, -0.1) is 0 Å². The lowest BCUT2D eigenvalue weighted by molar-refractivity contribution is -0.132. The van der Waals surface area contributed by atoms with E-state index in [9.17, 15) is 18.0 Å². The molecule has 0 atom stereocenters. The number of rotatable bonds is 4. The summed E-state index contributed by atoms with van der Waals surface area (Å²) in [5.41, 5.74) is 0.280. The number of ether oxygens (including phenoxy) is 1. The van der Waals surface area contributed by atoms with E-state index in [2.05, 4.69) is 4.98 Å². The Kier molecular flexibility index (Phi) is 5.65. The highest BCUT2D eigenvalue weighted by Gasteiger charge is 2.26. The zero-order chi connectivity index (χ0) is 20.5. The first-order chi connectivity index (χ1) is 13.9. The Balaban J connectivity index is 1.36. The van der Waals surface area contributed by atoms with E-state index in [0.717, 1.165) is 17.4 Å². The molecule has 1 aliphatic rings. The van der Waals surface area contributed by atoms with E-state index in [1.54, 1.807) is 11.0 Å². The monoisotopic (exact) mass is 440 g/mol. The van der Waals surface area contributed by atoms with Gasteiger partial charge < -0.3 is 9.64 Å². The number of hydrogen-bond donors (Lipinski definition) is 0. The molecule has 0 unspecified atom stereocenters. The molecule has 2 heterocycles. The molecule has 1 saturated heterocycles. The summed E-state index contributed by atoms with van der Waals surface area (Å²) in [6.45, 7) is 0.896. The van der Waals surface area contributed by atoms with Gasteiger partial charge in [-0.25, -0.2) is 13.2 Å². The Labute approximate surface area is 173 Å². The third-order valence-electron chi connectivity index (χ3n) is 4.85. The molecule has 2 aromatic carbocycles. The van der Waals surface area contributed by atoms with Gasteiger partial charge in [0.15, 0.2) is 5.82 Å². The molecule has 1 amide bonds. The number of aromatic nitrogens is 1. The predicted molar refractivity (Wildman–Crippen MR) is 105 cm³/mol. The van der Waals surface area contributed by atoms with Crippen molar-refractivity contribution in [2.24, 2.45) is 0 Å². The van der Waals surface area contributed by atoms with Crippen LogP contribution in [0.2, 0.25) is 5.02 Å². The molecule has 1 fully saturated rings. The first-order valence-corrected chi connectivity index (χ1v) is 10.2. The maximum absolute atomic E-state index is 13.9. The molecule has 0 N–H and O–H groups in total. The summed E-state index contributed by atoms with van der Waals surface area (Å²) in [5.74, 6) is -2.08. The number of fused-ring (bicyclic) bond motifs is 1. The van der Waals surface area contributed by atoms with Gasteiger partial charge in [0, 0.05) is 42.6 Å². The van der Waals surface area contributed by atoms with Gasteiger partial charge in [-0.1, -0.05) is 29.0 Å². The Morgan fingerprint density at radius 2 is 1.97 bits per heavy atom. The minimum atomic E-state index is -0.724. The fourth-order valence-electron chi connectivity index (χ4n) is 3.32.